The minimum atomic E-state index is -2.78. The number of rotatable bonds is 12. The van der Waals surface area contributed by atoms with Crippen LogP contribution in [0.5, 0.6) is 5.75 Å². The largest absolute Gasteiger partial charge is 0.485 e. The molecule has 5 rings (SSSR count). The predicted octanol–water partition coefficient (Wildman–Crippen LogP) is 0.195. The van der Waals surface area contributed by atoms with Gasteiger partial charge in [0.25, 0.3) is 17.4 Å². The number of aliphatic carboxylic acids is 1. The zero-order valence-electron chi connectivity index (χ0n) is 27.5. The maximum atomic E-state index is 13.5. The fourth-order valence-corrected chi connectivity index (χ4v) is 6.98. The Bertz CT molecular complexity index is 1740. The number of nitrogen functional groups attached to an aromatic ring is 1. The molecule has 0 bridgehead atoms. The molecule has 2 fully saturated rings. The van der Waals surface area contributed by atoms with Crippen LogP contribution in [-0.2, 0) is 41.3 Å². The number of nitrogens with two attached hydrogens (primary N) is 3. The van der Waals surface area contributed by atoms with E-state index in [1.54, 1.807) is 12.1 Å². The summed E-state index contributed by atoms with van der Waals surface area (Å²) < 4.78 is 30.9. The lowest BCUT2D eigenvalue weighted by molar-refractivity contribution is -0.216. The van der Waals surface area contributed by atoms with Gasteiger partial charge in [0.15, 0.2) is 16.9 Å². The number of aromatic nitrogens is 1. The lowest BCUT2D eigenvalue weighted by atomic mass is 9.81. The number of aliphatic hydroxyl groups is 1. The van der Waals surface area contributed by atoms with Crippen molar-refractivity contribution in [1.82, 2.24) is 15.4 Å². The number of amides is 2. The minimum Gasteiger partial charge on any atom is -0.485 e. The monoisotopic (exact) mass is 736 g/mol. The summed E-state index contributed by atoms with van der Waals surface area (Å²) in [6.07, 6.45) is 2.25. The number of nitrogens with zero attached hydrogens (tertiary/aromatic N) is 4. The molecule has 1 aromatic heterocycles. The number of benzene rings is 1. The van der Waals surface area contributed by atoms with Gasteiger partial charge in [-0.3, -0.25) is 19.1 Å². The minimum absolute atomic E-state index is 0.0147. The number of aryl methyl sites for hydroxylation is 1. The molecular weight excluding hydrogens is 697 g/mol. The lowest BCUT2D eigenvalue weighted by Crippen LogP contribution is -2.76. The van der Waals surface area contributed by atoms with Crippen LogP contribution in [-0.4, -0.2) is 99.8 Å². The summed E-state index contributed by atoms with van der Waals surface area (Å²) >= 11 is -1.79. The van der Waals surface area contributed by atoms with E-state index in [2.05, 4.69) is 24.7 Å². The molecule has 18 nitrogen and oxygen atoms in total. The Morgan fingerprint density at radius 3 is 2.56 bits per heavy atom. The van der Waals surface area contributed by atoms with Gasteiger partial charge in [0, 0.05) is 16.5 Å². The zero-order valence-corrected chi connectivity index (χ0v) is 29.2. The number of aliphatic imine (C=N–C) groups is 1. The van der Waals surface area contributed by atoms with Gasteiger partial charge in [0.05, 0.1) is 18.2 Å². The Morgan fingerprint density at radius 1 is 1.28 bits per heavy atom. The number of oxime groups is 1. The predicted molar refractivity (Wildman–Crippen MR) is 181 cm³/mol. The van der Waals surface area contributed by atoms with Crippen LogP contribution in [0, 0.1) is 0 Å². The van der Waals surface area contributed by atoms with Gasteiger partial charge in [-0.15, -0.1) is 15.6 Å². The fourth-order valence-electron chi connectivity index (χ4n) is 6.04. The topological polar surface area (TPSA) is 288 Å². The molecule has 4 atom stereocenters. The third-order valence-electron chi connectivity index (χ3n) is 9.32. The van der Waals surface area contributed by atoms with Gasteiger partial charge in [0.2, 0.25) is 0 Å². The summed E-state index contributed by atoms with van der Waals surface area (Å²) in [6, 6.07) is 4.03. The number of β-lactam (4-membered cyclic amide) rings is 1. The standard InChI is InChI=1S/C30H40N8O10S2/c1-28(2)22(25(41)38(28)48-50(44)45)36-24(40)21(18-13-49-27(32)35-18)37-47-29(3,26(42)43)20-7-5-15-12-16(4-6-19(15)46-20)23(31)34-17-8-10-30(33,14-39)11-9-17/h4,6,12-13,17,20,22,39H,5,7-11,14,33H2,1-3H3,(H2,31,34)(H2,32,35)(H,36,40)(H,42,43)(H,44,45)/b37-21-. The number of aliphatic hydroxyl groups excluding tert-OH is 1. The summed E-state index contributed by atoms with van der Waals surface area (Å²) in [6.45, 7) is 4.17. The number of carboxylic acids is 1. The van der Waals surface area contributed by atoms with Crippen LogP contribution in [0.2, 0.25) is 0 Å². The number of hydrogen-bond donors (Lipinski definition) is 7. The van der Waals surface area contributed by atoms with E-state index < -0.39 is 63.7 Å². The van der Waals surface area contributed by atoms with Crippen molar-refractivity contribution in [2.24, 2.45) is 21.6 Å². The Labute approximate surface area is 293 Å². The maximum absolute atomic E-state index is 13.5. The molecule has 10 N–H and O–H groups in total. The van der Waals surface area contributed by atoms with Crippen molar-refractivity contribution >= 4 is 57.2 Å². The molecule has 2 aromatic rings. The molecule has 0 spiro atoms. The van der Waals surface area contributed by atoms with Crippen molar-refractivity contribution in [2.45, 2.75) is 94.2 Å². The number of thiazole rings is 1. The van der Waals surface area contributed by atoms with Crippen molar-refractivity contribution in [3.05, 3.63) is 40.4 Å². The normalized spacial score (nSPS) is 26.9. The number of anilines is 1. The Balaban J connectivity index is 1.32. The second-order valence-electron chi connectivity index (χ2n) is 13.2. The van der Waals surface area contributed by atoms with Gasteiger partial charge >= 0.3 is 17.3 Å². The van der Waals surface area contributed by atoms with Crippen molar-refractivity contribution in [3.63, 3.8) is 0 Å². The van der Waals surface area contributed by atoms with Crippen LogP contribution >= 0.6 is 11.3 Å². The molecule has 1 aliphatic carbocycles. The fraction of sp³-hybridized carbons (Fsp3) is 0.533. The Kier molecular flexibility index (Phi) is 10.5. The summed E-state index contributed by atoms with van der Waals surface area (Å²) in [5, 5.41) is 28.4. The first-order valence-corrected chi connectivity index (χ1v) is 17.6. The Hall–Kier alpha value is -4.21. The van der Waals surface area contributed by atoms with Crippen LogP contribution in [0.1, 0.15) is 69.7 Å². The van der Waals surface area contributed by atoms with E-state index in [4.69, 9.17) is 31.3 Å². The number of fused-ring (bicyclic) bond motifs is 1. The lowest BCUT2D eigenvalue weighted by Gasteiger charge is -2.50. The number of carbonyl (C=O) groups is 3. The molecule has 20 heteroatoms. The molecule has 2 amide bonds. The molecule has 3 aliphatic rings. The highest BCUT2D eigenvalue weighted by Gasteiger charge is 2.57. The van der Waals surface area contributed by atoms with Crippen LogP contribution < -0.4 is 27.3 Å². The molecule has 3 heterocycles. The van der Waals surface area contributed by atoms with Gasteiger partial charge in [-0.1, -0.05) is 5.16 Å². The smallest absolute Gasteiger partial charge is 0.354 e. The van der Waals surface area contributed by atoms with Crippen molar-refractivity contribution in [2.75, 3.05) is 12.3 Å². The Morgan fingerprint density at radius 2 is 1.98 bits per heavy atom. The van der Waals surface area contributed by atoms with E-state index in [0.717, 1.165) is 16.9 Å². The SMILES string of the molecule is CC(O/N=C(\C(=O)NC1C(=O)N(OS(=O)O)C1(C)C)c1csc(N)n1)(C(=O)O)C1CCc2cc(C(N)=NC3CCC(N)(CO)CC3)ccc2O1. The van der Waals surface area contributed by atoms with Gasteiger partial charge in [-0.2, -0.15) is 9.27 Å². The summed E-state index contributed by atoms with van der Waals surface area (Å²) in [4.78, 5) is 53.1. The van der Waals surface area contributed by atoms with Crippen LogP contribution in [0.3, 0.4) is 0 Å². The first-order valence-electron chi connectivity index (χ1n) is 15.7. The first kappa shape index (κ1) is 37.1. The van der Waals surface area contributed by atoms with Gasteiger partial charge in [0.1, 0.15) is 23.3 Å². The van der Waals surface area contributed by atoms with E-state index in [1.165, 1.54) is 26.2 Å². The third-order valence-corrected chi connectivity index (χ3v) is 10.3. The molecule has 1 aromatic carbocycles. The molecule has 1 saturated carbocycles. The maximum Gasteiger partial charge on any atom is 0.354 e. The molecule has 1 saturated heterocycles. The molecular formula is C30H40N8O10S2. The highest BCUT2D eigenvalue weighted by Crippen LogP contribution is 2.36. The first-order chi connectivity index (χ1) is 23.5. The number of hydrogen-bond acceptors (Lipinski definition) is 14. The summed E-state index contributed by atoms with van der Waals surface area (Å²) in [5.74, 6) is -2.41. The molecule has 4 unspecified atom stereocenters. The summed E-state index contributed by atoms with van der Waals surface area (Å²) in [5.41, 5.74) is 15.3. The third kappa shape index (κ3) is 7.44. The number of ether oxygens (including phenoxy) is 1. The number of hydroxylamine groups is 2. The van der Waals surface area contributed by atoms with E-state index >= 15 is 0 Å². The number of nitrogens with one attached hydrogen (secondary N) is 1. The van der Waals surface area contributed by atoms with Gasteiger partial charge in [-0.05, 0) is 83.1 Å². The number of carbonyl (C=O) groups excluding carboxylic acids is 2. The highest BCUT2D eigenvalue weighted by molar-refractivity contribution is 7.74. The van der Waals surface area contributed by atoms with Gasteiger partial charge < -0.3 is 42.3 Å². The van der Waals surface area contributed by atoms with E-state index in [1.807, 2.05) is 6.07 Å². The van der Waals surface area contributed by atoms with Crippen molar-refractivity contribution < 1.29 is 47.2 Å². The average molecular weight is 737 g/mol. The molecule has 272 valence electrons. The molecule has 2 aliphatic heterocycles. The number of carboxylic acid groups (broad SMARTS) is 1. The van der Waals surface area contributed by atoms with Crippen molar-refractivity contribution in [1.29, 1.82) is 0 Å². The van der Waals surface area contributed by atoms with Crippen molar-refractivity contribution in [3.8, 4) is 5.75 Å². The van der Waals surface area contributed by atoms with Gasteiger partial charge in [-0.25, -0.2) is 9.78 Å². The van der Waals surface area contributed by atoms with Crippen LogP contribution in [0.25, 0.3) is 0 Å². The second-order valence-corrected chi connectivity index (χ2v) is 14.7. The molecule has 50 heavy (non-hydrogen) atoms. The highest BCUT2D eigenvalue weighted by atomic mass is 32.2. The summed E-state index contributed by atoms with van der Waals surface area (Å²) in [7, 11) is 0. The molecule has 0 radical (unpaired) electrons. The van der Waals surface area contributed by atoms with E-state index in [-0.39, 0.29) is 29.9 Å². The quantitative estimate of drug-likeness (QED) is 0.0504. The second kappa shape index (κ2) is 14.2. The van der Waals surface area contributed by atoms with E-state index in [0.29, 0.717) is 54.3 Å². The van der Waals surface area contributed by atoms with E-state index in [9.17, 15) is 28.8 Å². The zero-order chi connectivity index (χ0) is 36.6. The number of amidine groups is 1. The average Bonchev–Trinajstić information content (AvgIpc) is 3.51. The van der Waals surface area contributed by atoms with Crippen LogP contribution in [0.15, 0.2) is 33.7 Å². The van der Waals surface area contributed by atoms with Crippen LogP contribution in [0.4, 0.5) is 5.13 Å².